The van der Waals surface area contributed by atoms with Gasteiger partial charge in [0.15, 0.2) is 5.78 Å². The first-order chi connectivity index (χ1) is 17.5. The van der Waals surface area contributed by atoms with Gasteiger partial charge in [-0.1, -0.05) is 10.4 Å². The Morgan fingerprint density at radius 2 is 1.35 bits per heavy atom. The highest BCUT2D eigenvalue weighted by atomic mass is 32.2. The number of non-ortho nitro benzene ring substituents is 1. The molecule has 0 amide bonds. The van der Waals surface area contributed by atoms with E-state index < -0.39 is 14.9 Å². The number of piperidine rings is 1. The number of carbonyl (C=O) groups excluding carboxylic acids is 1. The molecule has 3 aromatic rings. The highest BCUT2D eigenvalue weighted by Crippen LogP contribution is 2.27. The van der Waals surface area contributed by atoms with E-state index in [-0.39, 0.29) is 52.7 Å². The van der Waals surface area contributed by atoms with Gasteiger partial charge in [-0.2, -0.15) is 4.31 Å². The molecule has 1 aromatic carbocycles. The van der Waals surface area contributed by atoms with Gasteiger partial charge in [0.25, 0.3) is 5.69 Å². The first-order valence-electron chi connectivity index (χ1n) is 11.5. The SMILES string of the molecule is CC(C)n1cc(C=C2CN(S(=O)(=O)c3ccc([N+](=O)[O-])cc3)CC(=Cc3cn(C(C)C)nn3)C2=O)nn1. The lowest BCUT2D eigenvalue weighted by molar-refractivity contribution is -0.384. The van der Waals surface area contributed by atoms with Crippen molar-refractivity contribution >= 4 is 33.6 Å². The van der Waals surface area contributed by atoms with Gasteiger partial charge in [0.05, 0.1) is 22.2 Å². The Balaban J connectivity index is 1.75. The zero-order chi connectivity index (χ0) is 26.9. The Kier molecular flexibility index (Phi) is 7.14. The largest absolute Gasteiger partial charge is 0.289 e. The minimum absolute atomic E-state index is 0.0553. The van der Waals surface area contributed by atoms with Crippen molar-refractivity contribution in [2.45, 2.75) is 44.7 Å². The Morgan fingerprint density at radius 3 is 1.73 bits per heavy atom. The third-order valence-corrected chi connectivity index (χ3v) is 7.53. The smallest absolute Gasteiger partial charge is 0.269 e. The Bertz CT molecular complexity index is 1430. The van der Waals surface area contributed by atoms with E-state index in [1.165, 1.54) is 24.3 Å². The van der Waals surface area contributed by atoms with Crippen LogP contribution in [0.5, 0.6) is 0 Å². The number of sulfonamides is 1. The summed E-state index contributed by atoms with van der Waals surface area (Å²) in [5.41, 5.74) is 1.01. The molecule has 3 heterocycles. The molecule has 1 aliphatic heterocycles. The van der Waals surface area contributed by atoms with Crippen LogP contribution in [0.3, 0.4) is 0 Å². The van der Waals surface area contributed by atoms with E-state index in [9.17, 15) is 23.3 Å². The molecule has 0 aliphatic carbocycles. The number of aromatic nitrogens is 6. The maximum atomic E-state index is 13.5. The fraction of sp³-hybridized carbons (Fsp3) is 0.348. The Labute approximate surface area is 213 Å². The average molecular weight is 527 g/mol. The van der Waals surface area contributed by atoms with Gasteiger partial charge in [-0.15, -0.1) is 10.2 Å². The number of benzene rings is 1. The molecular formula is C23H26N8O5S. The van der Waals surface area contributed by atoms with Gasteiger partial charge in [0.1, 0.15) is 11.4 Å². The van der Waals surface area contributed by atoms with Crippen molar-refractivity contribution in [1.82, 2.24) is 34.3 Å². The Morgan fingerprint density at radius 1 is 0.892 bits per heavy atom. The van der Waals surface area contributed by atoms with Crippen molar-refractivity contribution in [2.75, 3.05) is 13.1 Å². The number of rotatable bonds is 7. The zero-order valence-corrected chi connectivity index (χ0v) is 21.5. The van der Waals surface area contributed by atoms with Gasteiger partial charge in [-0.05, 0) is 52.0 Å². The lowest BCUT2D eigenvalue weighted by Gasteiger charge is -2.28. The summed E-state index contributed by atoms with van der Waals surface area (Å²) < 4.78 is 31.4. The highest BCUT2D eigenvalue weighted by Gasteiger charge is 2.35. The number of nitro benzene ring substituents is 1. The predicted molar refractivity (Wildman–Crippen MR) is 134 cm³/mol. The summed E-state index contributed by atoms with van der Waals surface area (Å²) in [6.45, 7) is 7.32. The quantitative estimate of drug-likeness (QED) is 0.256. The summed E-state index contributed by atoms with van der Waals surface area (Å²) in [4.78, 5) is 23.7. The van der Waals surface area contributed by atoms with Crippen LogP contribution in [0.15, 0.2) is 52.7 Å². The van der Waals surface area contributed by atoms with E-state index in [4.69, 9.17) is 0 Å². The number of hydrogen-bond acceptors (Lipinski definition) is 9. The zero-order valence-electron chi connectivity index (χ0n) is 20.7. The van der Waals surface area contributed by atoms with E-state index in [1.54, 1.807) is 21.8 Å². The molecule has 1 saturated heterocycles. The van der Waals surface area contributed by atoms with Crippen LogP contribution in [0.25, 0.3) is 12.2 Å². The fourth-order valence-corrected chi connectivity index (χ4v) is 5.04. The van der Waals surface area contributed by atoms with Crippen molar-refractivity contribution in [2.24, 2.45) is 0 Å². The molecule has 37 heavy (non-hydrogen) atoms. The molecular weight excluding hydrogens is 500 g/mol. The normalized spacial score (nSPS) is 17.4. The maximum Gasteiger partial charge on any atom is 0.269 e. The third kappa shape index (κ3) is 5.54. The number of nitrogens with zero attached hydrogens (tertiary/aromatic N) is 8. The molecule has 0 unspecified atom stereocenters. The Hall–Kier alpha value is -4.04. The molecule has 1 fully saturated rings. The van der Waals surface area contributed by atoms with Gasteiger partial charge >= 0.3 is 0 Å². The lowest BCUT2D eigenvalue weighted by atomic mass is 9.97. The molecule has 0 saturated carbocycles. The number of nitro groups is 1. The molecule has 14 heteroatoms. The van der Waals surface area contributed by atoms with Crippen molar-refractivity contribution in [3.05, 3.63) is 69.3 Å². The molecule has 0 atom stereocenters. The van der Waals surface area contributed by atoms with Crippen LogP contribution in [0.1, 0.15) is 51.2 Å². The van der Waals surface area contributed by atoms with Gasteiger partial charge in [0.2, 0.25) is 10.0 Å². The second-order valence-corrected chi connectivity index (χ2v) is 11.1. The molecule has 2 aromatic heterocycles. The van der Waals surface area contributed by atoms with Gasteiger partial charge in [0, 0.05) is 48.5 Å². The average Bonchev–Trinajstić information content (AvgIpc) is 3.51. The second kappa shape index (κ2) is 10.1. The first-order valence-corrected chi connectivity index (χ1v) is 12.9. The van der Waals surface area contributed by atoms with Gasteiger partial charge in [-0.25, -0.2) is 17.8 Å². The predicted octanol–water partition coefficient (Wildman–Crippen LogP) is 2.68. The topological polar surface area (TPSA) is 159 Å². The van der Waals surface area contributed by atoms with Crippen molar-refractivity contribution in [3.63, 3.8) is 0 Å². The van der Waals surface area contributed by atoms with Gasteiger partial charge < -0.3 is 0 Å². The standard InChI is InChI=1S/C23H26N8O5S/c1-15(2)29-13-19(24-26-29)9-17-11-28(37(35,36)22-7-5-21(6-8-22)31(33)34)12-18(23(17)32)10-20-14-30(16(3)4)27-25-20/h5-10,13-16H,11-12H2,1-4H3. The van der Waals surface area contributed by atoms with E-state index >= 15 is 0 Å². The van der Waals surface area contributed by atoms with E-state index in [0.29, 0.717) is 11.4 Å². The van der Waals surface area contributed by atoms with Crippen molar-refractivity contribution in [3.8, 4) is 0 Å². The molecule has 194 valence electrons. The molecule has 0 radical (unpaired) electrons. The fourth-order valence-electron chi connectivity index (χ4n) is 3.64. The first kappa shape index (κ1) is 26.0. The van der Waals surface area contributed by atoms with Crippen LogP contribution in [-0.2, 0) is 14.8 Å². The second-order valence-electron chi connectivity index (χ2n) is 9.13. The van der Waals surface area contributed by atoms with Crippen LogP contribution in [-0.4, -0.2) is 66.5 Å². The van der Waals surface area contributed by atoms with Crippen LogP contribution >= 0.6 is 0 Å². The van der Waals surface area contributed by atoms with E-state index in [0.717, 1.165) is 16.4 Å². The summed E-state index contributed by atoms with van der Waals surface area (Å²) >= 11 is 0. The monoisotopic (exact) mass is 526 g/mol. The van der Waals surface area contributed by atoms with Crippen LogP contribution in [0.2, 0.25) is 0 Å². The number of hydrogen-bond donors (Lipinski definition) is 0. The summed E-state index contributed by atoms with van der Waals surface area (Å²) in [5, 5.41) is 27.2. The van der Waals surface area contributed by atoms with Crippen LogP contribution < -0.4 is 0 Å². The van der Waals surface area contributed by atoms with Crippen molar-refractivity contribution in [1.29, 1.82) is 0 Å². The lowest BCUT2D eigenvalue weighted by Crippen LogP contribution is -2.41. The number of Topliss-reactive ketones (excluding diaryl/α,β-unsaturated/α-hetero) is 1. The number of carbonyl (C=O) groups is 1. The molecule has 13 nitrogen and oxygen atoms in total. The van der Waals surface area contributed by atoms with Crippen LogP contribution in [0.4, 0.5) is 5.69 Å². The summed E-state index contributed by atoms with van der Waals surface area (Å²) in [6, 6.07) is 4.73. The molecule has 4 rings (SSSR count). The summed E-state index contributed by atoms with van der Waals surface area (Å²) in [6.07, 6.45) is 6.38. The number of ketones is 1. The van der Waals surface area contributed by atoms with E-state index in [1.807, 2.05) is 27.7 Å². The molecule has 0 spiro atoms. The summed E-state index contributed by atoms with van der Waals surface area (Å²) in [5.74, 6) is -0.339. The third-order valence-electron chi connectivity index (χ3n) is 5.72. The van der Waals surface area contributed by atoms with Gasteiger partial charge in [-0.3, -0.25) is 14.9 Å². The minimum atomic E-state index is -4.10. The highest BCUT2D eigenvalue weighted by molar-refractivity contribution is 7.89. The molecule has 1 aliphatic rings. The minimum Gasteiger partial charge on any atom is -0.289 e. The molecule has 0 bridgehead atoms. The molecule has 0 N–H and O–H groups in total. The van der Waals surface area contributed by atoms with Crippen LogP contribution in [0, 0.1) is 10.1 Å². The van der Waals surface area contributed by atoms with E-state index in [2.05, 4.69) is 20.6 Å². The van der Waals surface area contributed by atoms with Crippen molar-refractivity contribution < 1.29 is 18.1 Å². The maximum absolute atomic E-state index is 13.5. The summed E-state index contributed by atoms with van der Waals surface area (Å²) in [7, 11) is -4.10.